The smallest absolute Gasteiger partial charge is 0.238 e. The van der Waals surface area contributed by atoms with Crippen molar-refractivity contribution in [3.63, 3.8) is 0 Å². The van der Waals surface area contributed by atoms with Crippen molar-refractivity contribution in [1.29, 1.82) is 0 Å². The van der Waals surface area contributed by atoms with Crippen LogP contribution in [-0.2, 0) is 0 Å². The number of fused-ring (bicyclic) bond motifs is 6. The van der Waals surface area contributed by atoms with Crippen molar-refractivity contribution in [1.82, 2.24) is 24.1 Å². The molecule has 0 aliphatic heterocycles. The van der Waals surface area contributed by atoms with E-state index in [1.54, 1.807) is 0 Å². The third-order valence-corrected chi connectivity index (χ3v) is 16.3. The van der Waals surface area contributed by atoms with Gasteiger partial charge in [0.05, 0.1) is 22.1 Å². The maximum atomic E-state index is 5.26. The van der Waals surface area contributed by atoms with Crippen LogP contribution in [0.5, 0.6) is 0 Å². The van der Waals surface area contributed by atoms with E-state index in [2.05, 4.69) is 206 Å². The zero-order valence-corrected chi connectivity index (χ0v) is 42.8. The van der Waals surface area contributed by atoms with Crippen LogP contribution in [0.3, 0.4) is 0 Å². The zero-order chi connectivity index (χ0) is 49.7. The molecule has 0 amide bonds. The Morgan fingerprint density at radius 2 is 0.667 bits per heavy atom. The molecule has 0 aliphatic rings. The Kier molecular flexibility index (Phi) is 10.7. The van der Waals surface area contributed by atoms with Crippen LogP contribution in [0.25, 0.3) is 111 Å². The predicted octanol–water partition coefficient (Wildman–Crippen LogP) is 17.5. The van der Waals surface area contributed by atoms with Crippen molar-refractivity contribution >= 4 is 43.6 Å². The van der Waals surface area contributed by atoms with Gasteiger partial charge in [-0.15, -0.1) is 0 Å². The molecule has 0 saturated carbocycles. The maximum absolute atomic E-state index is 5.26. The van der Waals surface area contributed by atoms with E-state index in [4.69, 9.17) is 15.0 Å². The number of benzene rings is 9. The first kappa shape index (κ1) is 44.8. The molecule has 0 unspecified atom stereocenters. The lowest BCUT2D eigenvalue weighted by molar-refractivity contribution is 0.953. The van der Waals surface area contributed by atoms with Gasteiger partial charge in [-0.25, -0.2) is 4.98 Å². The van der Waals surface area contributed by atoms with Crippen LogP contribution < -0.4 is 0 Å². The molecule has 5 heteroatoms. The second kappa shape index (κ2) is 17.2. The van der Waals surface area contributed by atoms with Gasteiger partial charge in [-0.3, -0.25) is 4.57 Å². The first-order chi connectivity index (χ1) is 34.9. The van der Waals surface area contributed by atoms with Crippen molar-refractivity contribution in [2.75, 3.05) is 0 Å². The van der Waals surface area contributed by atoms with Crippen LogP contribution in [-0.4, -0.2) is 24.1 Å². The molecule has 3 heterocycles. The van der Waals surface area contributed by atoms with E-state index in [-0.39, 0.29) is 0 Å². The maximum Gasteiger partial charge on any atom is 0.238 e. The Balaban J connectivity index is 1.11. The lowest BCUT2D eigenvalue weighted by Crippen LogP contribution is -2.06. The second-order valence-electron chi connectivity index (χ2n) is 20.0. The van der Waals surface area contributed by atoms with Crippen LogP contribution in [0.1, 0.15) is 55.6 Å². The molecule has 5 nitrogen and oxygen atoms in total. The average molecular weight is 932 g/mol. The zero-order valence-electron chi connectivity index (χ0n) is 42.8. The number of nitrogens with zero attached hydrogens (tertiary/aromatic N) is 5. The summed E-state index contributed by atoms with van der Waals surface area (Å²) in [5, 5.41) is 4.67. The molecule has 0 radical (unpaired) electrons. The predicted molar refractivity (Wildman–Crippen MR) is 303 cm³/mol. The molecule has 0 N–H and O–H groups in total. The summed E-state index contributed by atoms with van der Waals surface area (Å²) in [6.45, 7) is 22.9. The minimum absolute atomic E-state index is 0.572. The molecule has 0 aliphatic carbocycles. The molecule has 9 aromatic carbocycles. The molecule has 0 bridgehead atoms. The standard InChI is InChI=1S/C67H57N5/c1-38-40(3)44(7)63(45(8)41(38)4)52-32-51(33-53(34-52)64-46(9)42(5)39(2)43(6)47(64)10)50-26-21-27-54(35-50)71-59-30-19-17-28-55(59)57-36-58-56-29-18-20-31-60(56)72(62(58)37-61(57)71)67-69-65(48-22-13-11-14-23-48)68-66(70-67)49-24-15-12-16-25-49/h11-37H,1-10H3. The lowest BCUT2D eigenvalue weighted by Gasteiger charge is -2.23. The normalized spacial score (nSPS) is 11.8. The summed E-state index contributed by atoms with van der Waals surface area (Å²) < 4.78 is 4.67. The highest BCUT2D eigenvalue weighted by molar-refractivity contribution is 6.19. The third-order valence-electron chi connectivity index (χ3n) is 16.3. The van der Waals surface area contributed by atoms with Gasteiger partial charge >= 0.3 is 0 Å². The molecular weight excluding hydrogens is 875 g/mol. The van der Waals surface area contributed by atoms with Gasteiger partial charge in [-0.1, -0.05) is 109 Å². The van der Waals surface area contributed by atoms with E-state index in [1.165, 1.54) is 94.2 Å². The fourth-order valence-electron chi connectivity index (χ4n) is 11.6. The third kappa shape index (κ3) is 7.01. The number of para-hydroxylation sites is 2. The van der Waals surface area contributed by atoms with Crippen LogP contribution in [0.2, 0.25) is 0 Å². The Labute approximate surface area is 422 Å². The Morgan fingerprint density at radius 3 is 1.17 bits per heavy atom. The minimum atomic E-state index is 0.572. The van der Waals surface area contributed by atoms with Crippen LogP contribution >= 0.6 is 0 Å². The summed E-state index contributed by atoms with van der Waals surface area (Å²) in [4.78, 5) is 15.6. The van der Waals surface area contributed by atoms with Crippen LogP contribution in [0, 0.1) is 69.2 Å². The second-order valence-corrected chi connectivity index (χ2v) is 20.0. The first-order valence-corrected chi connectivity index (χ1v) is 25.1. The minimum Gasteiger partial charge on any atom is -0.309 e. The SMILES string of the molecule is Cc1c(C)c(C)c(-c2cc(-c3cccc(-n4c5ccccc5c5cc6c7ccccc7n(-c7nc(-c8ccccc8)nc(-c8ccccc8)n7)c6cc54)c3)cc(-c3c(C)c(C)c(C)c(C)c3C)c2)c(C)c1C. The van der Waals surface area contributed by atoms with Gasteiger partial charge in [0.15, 0.2) is 11.6 Å². The highest BCUT2D eigenvalue weighted by Crippen LogP contribution is 2.44. The monoisotopic (exact) mass is 931 g/mol. The summed E-state index contributed by atoms with van der Waals surface area (Å²) in [5.74, 6) is 1.82. The molecule has 72 heavy (non-hydrogen) atoms. The van der Waals surface area contributed by atoms with Gasteiger partial charge in [0.1, 0.15) is 0 Å². The van der Waals surface area contributed by atoms with Gasteiger partial charge < -0.3 is 4.57 Å². The summed E-state index contributed by atoms with van der Waals surface area (Å²) >= 11 is 0. The molecule has 0 spiro atoms. The summed E-state index contributed by atoms with van der Waals surface area (Å²) in [6, 6.07) is 59.0. The number of hydrogen-bond donors (Lipinski definition) is 0. The van der Waals surface area contributed by atoms with E-state index in [1.807, 2.05) is 36.4 Å². The van der Waals surface area contributed by atoms with Crippen molar-refractivity contribution in [3.8, 4) is 67.8 Å². The molecular formula is C67H57N5. The Morgan fingerprint density at radius 1 is 0.264 bits per heavy atom. The number of hydrogen-bond acceptors (Lipinski definition) is 3. The molecule has 12 rings (SSSR count). The highest BCUT2D eigenvalue weighted by Gasteiger charge is 2.23. The van der Waals surface area contributed by atoms with Crippen molar-refractivity contribution in [3.05, 3.63) is 219 Å². The lowest BCUT2D eigenvalue weighted by atomic mass is 9.82. The van der Waals surface area contributed by atoms with Gasteiger partial charge in [0, 0.05) is 38.4 Å². The van der Waals surface area contributed by atoms with Gasteiger partial charge in [-0.05, 0) is 213 Å². The fraction of sp³-hybridized carbons (Fsp3) is 0.149. The van der Waals surface area contributed by atoms with Gasteiger partial charge in [0.25, 0.3) is 0 Å². The van der Waals surface area contributed by atoms with Crippen LogP contribution in [0.15, 0.2) is 164 Å². The highest BCUT2D eigenvalue weighted by atomic mass is 15.2. The molecule has 350 valence electrons. The van der Waals surface area contributed by atoms with Crippen molar-refractivity contribution in [2.24, 2.45) is 0 Å². The topological polar surface area (TPSA) is 48.5 Å². The molecule has 0 saturated heterocycles. The summed E-state index contributed by atoms with van der Waals surface area (Å²) in [5.41, 5.74) is 28.3. The van der Waals surface area contributed by atoms with Crippen LogP contribution in [0.4, 0.5) is 0 Å². The van der Waals surface area contributed by atoms with E-state index in [0.717, 1.165) is 55.2 Å². The Hall–Kier alpha value is -8.41. The van der Waals surface area contributed by atoms with Gasteiger partial charge in [0.2, 0.25) is 5.95 Å². The Bertz CT molecular complexity index is 3990. The molecule has 0 atom stereocenters. The van der Waals surface area contributed by atoms with Crippen molar-refractivity contribution in [2.45, 2.75) is 69.2 Å². The quantitative estimate of drug-likeness (QED) is 0.160. The number of aromatic nitrogens is 5. The number of rotatable bonds is 7. The van der Waals surface area contributed by atoms with E-state index >= 15 is 0 Å². The fourth-order valence-corrected chi connectivity index (χ4v) is 11.6. The molecule has 3 aromatic heterocycles. The average Bonchev–Trinajstić information content (AvgIpc) is 3.92. The van der Waals surface area contributed by atoms with E-state index in [0.29, 0.717) is 17.6 Å². The summed E-state index contributed by atoms with van der Waals surface area (Å²) in [7, 11) is 0. The first-order valence-electron chi connectivity index (χ1n) is 25.1. The molecule has 0 fully saturated rings. The van der Waals surface area contributed by atoms with Gasteiger partial charge in [-0.2, -0.15) is 9.97 Å². The molecule has 12 aromatic rings. The van der Waals surface area contributed by atoms with Crippen molar-refractivity contribution < 1.29 is 0 Å². The summed E-state index contributed by atoms with van der Waals surface area (Å²) in [6.07, 6.45) is 0. The van der Waals surface area contributed by atoms with E-state index < -0.39 is 0 Å². The van der Waals surface area contributed by atoms with E-state index in [9.17, 15) is 0 Å². The largest absolute Gasteiger partial charge is 0.309 e.